The Hall–Kier alpha value is -2.88. The summed E-state index contributed by atoms with van der Waals surface area (Å²) in [5, 5.41) is 10.2. The number of carbonyl (C=O) groups is 1. The lowest BCUT2D eigenvalue weighted by Gasteiger charge is -2.36. The Labute approximate surface area is 225 Å². The number of aromatic nitrogens is 2. The monoisotopic (exact) mass is 552 g/mol. The van der Waals surface area contributed by atoms with Gasteiger partial charge in [-0.15, -0.1) is 12.4 Å². The van der Waals surface area contributed by atoms with Crippen molar-refractivity contribution in [1.82, 2.24) is 14.0 Å². The fourth-order valence-electron chi connectivity index (χ4n) is 4.64. The lowest BCUT2D eigenvalue weighted by atomic mass is 10.1. The summed E-state index contributed by atoms with van der Waals surface area (Å²) < 4.78 is 15.5. The highest BCUT2D eigenvalue weighted by molar-refractivity contribution is 6.31. The van der Waals surface area contributed by atoms with E-state index in [0.717, 1.165) is 49.4 Å². The predicted octanol–water partition coefficient (Wildman–Crippen LogP) is 3.80. The number of rotatable bonds is 8. The molecule has 1 fully saturated rings. The number of fused-ring (bicyclic) bond motifs is 1. The molecule has 0 aliphatic carbocycles. The molecule has 0 spiro atoms. The van der Waals surface area contributed by atoms with E-state index in [1.54, 1.807) is 24.3 Å². The molecule has 0 amide bonds. The highest BCUT2D eigenvalue weighted by atomic mass is 35.5. The van der Waals surface area contributed by atoms with Gasteiger partial charge in [-0.2, -0.15) is 0 Å². The molecule has 8 nitrogen and oxygen atoms in total. The van der Waals surface area contributed by atoms with Crippen LogP contribution in [0.5, 0.6) is 0 Å². The van der Waals surface area contributed by atoms with Crippen molar-refractivity contribution < 1.29 is 14.3 Å². The number of carboxylic acids is 1. The molecule has 0 unspecified atom stereocenters. The van der Waals surface area contributed by atoms with Crippen LogP contribution in [0.2, 0.25) is 5.02 Å². The number of hydrogen-bond donors (Lipinski definition) is 1. The zero-order valence-corrected chi connectivity index (χ0v) is 22.4. The maximum Gasteiger partial charge on any atom is 0.332 e. The first-order valence-corrected chi connectivity index (χ1v) is 12.4. The molecule has 4 rings (SSSR count). The van der Waals surface area contributed by atoms with E-state index in [1.807, 2.05) is 0 Å². The second kappa shape index (κ2) is 11.7. The molecule has 2 heterocycles. The van der Waals surface area contributed by atoms with E-state index in [2.05, 4.69) is 9.80 Å². The molecule has 3 aromatic rings. The molecule has 11 heteroatoms. The molecule has 1 aromatic heterocycles. The lowest BCUT2D eigenvalue weighted by molar-refractivity contribution is -0.146. The van der Waals surface area contributed by atoms with Gasteiger partial charge in [-0.25, -0.2) is 18.5 Å². The topological polar surface area (TPSA) is 87.8 Å². The summed E-state index contributed by atoms with van der Waals surface area (Å²) in [7, 11) is 0. The summed E-state index contributed by atoms with van der Waals surface area (Å²) in [5.41, 5.74) is -1.56. The fourth-order valence-corrected chi connectivity index (χ4v) is 4.81. The Kier molecular flexibility index (Phi) is 9.05. The van der Waals surface area contributed by atoms with Crippen molar-refractivity contribution in [1.29, 1.82) is 0 Å². The van der Waals surface area contributed by atoms with Gasteiger partial charge in [0.2, 0.25) is 0 Å². The second-order valence-electron chi connectivity index (χ2n) is 9.61. The number of anilines is 1. The maximum absolute atomic E-state index is 13.3. The number of carboxylic acid groups (broad SMARTS) is 1. The Morgan fingerprint density at radius 2 is 1.62 bits per heavy atom. The molecule has 200 valence electrons. The molecular weight excluding hydrogens is 522 g/mol. The molecule has 1 saturated heterocycles. The third-order valence-electron chi connectivity index (χ3n) is 6.86. The molecule has 0 saturated carbocycles. The average Bonchev–Trinajstić information content (AvgIpc) is 2.84. The Morgan fingerprint density at radius 3 is 2.24 bits per heavy atom. The summed E-state index contributed by atoms with van der Waals surface area (Å²) >= 11 is 6.10. The SMILES string of the molecule is CC(C)(C(=O)O)n1c(=O)c2cc(Cl)ccc2n(CCCCN2CCN(c3ccc(F)cc3)CC2)c1=O.Cl. The molecule has 37 heavy (non-hydrogen) atoms. The minimum absolute atomic E-state index is 0. The van der Waals surface area contributed by atoms with E-state index < -0.39 is 22.8 Å². The van der Waals surface area contributed by atoms with Gasteiger partial charge in [0.25, 0.3) is 5.56 Å². The predicted molar refractivity (Wildman–Crippen MR) is 146 cm³/mol. The van der Waals surface area contributed by atoms with Gasteiger partial charge in [-0.05, 0) is 75.7 Å². The van der Waals surface area contributed by atoms with Crippen LogP contribution in [0, 0.1) is 5.82 Å². The number of aliphatic carboxylic acids is 1. The third-order valence-corrected chi connectivity index (χ3v) is 7.09. The summed E-state index contributed by atoms with van der Waals surface area (Å²) in [5.74, 6) is -1.51. The fraction of sp³-hybridized carbons (Fsp3) is 0.423. The van der Waals surface area contributed by atoms with Gasteiger partial charge >= 0.3 is 11.7 Å². The Balaban J connectivity index is 0.00000380. The first-order valence-electron chi connectivity index (χ1n) is 12.0. The van der Waals surface area contributed by atoms with E-state index in [-0.39, 0.29) is 23.6 Å². The second-order valence-corrected chi connectivity index (χ2v) is 10.0. The zero-order chi connectivity index (χ0) is 26.0. The molecule has 0 bridgehead atoms. The van der Waals surface area contributed by atoms with Crippen molar-refractivity contribution in [3.05, 3.63) is 74.1 Å². The van der Waals surface area contributed by atoms with Crippen LogP contribution in [0.15, 0.2) is 52.1 Å². The maximum atomic E-state index is 13.3. The van der Waals surface area contributed by atoms with Crippen molar-refractivity contribution in [3.8, 4) is 0 Å². The Bertz CT molecular complexity index is 1380. The van der Waals surface area contributed by atoms with E-state index >= 15 is 0 Å². The summed E-state index contributed by atoms with van der Waals surface area (Å²) in [6.07, 6.45) is 1.51. The largest absolute Gasteiger partial charge is 0.480 e. The number of halogens is 3. The van der Waals surface area contributed by atoms with Gasteiger partial charge in [0.05, 0.1) is 10.9 Å². The van der Waals surface area contributed by atoms with Gasteiger partial charge in [0.1, 0.15) is 11.4 Å². The number of aryl methyl sites for hydroxylation is 1. The van der Waals surface area contributed by atoms with Crippen molar-refractivity contribution in [2.75, 3.05) is 37.6 Å². The minimum Gasteiger partial charge on any atom is -0.480 e. The molecule has 2 aromatic carbocycles. The molecule has 1 N–H and O–H groups in total. The van der Waals surface area contributed by atoms with Crippen molar-refractivity contribution in [3.63, 3.8) is 0 Å². The number of hydrogen-bond acceptors (Lipinski definition) is 5. The van der Waals surface area contributed by atoms with Crippen molar-refractivity contribution >= 4 is 46.6 Å². The normalized spacial score (nSPS) is 14.5. The summed E-state index contributed by atoms with van der Waals surface area (Å²) in [6, 6.07) is 11.3. The van der Waals surface area contributed by atoms with Crippen LogP contribution in [0.25, 0.3) is 10.9 Å². The van der Waals surface area contributed by atoms with Crippen molar-refractivity contribution in [2.45, 2.75) is 38.8 Å². The van der Waals surface area contributed by atoms with Crippen LogP contribution in [-0.2, 0) is 16.9 Å². The van der Waals surface area contributed by atoms with Crippen LogP contribution in [-0.4, -0.2) is 57.8 Å². The van der Waals surface area contributed by atoms with E-state index in [1.165, 1.54) is 36.6 Å². The third kappa shape index (κ3) is 6.00. The zero-order valence-electron chi connectivity index (χ0n) is 20.8. The first-order chi connectivity index (χ1) is 17.1. The highest BCUT2D eigenvalue weighted by Gasteiger charge is 2.34. The van der Waals surface area contributed by atoms with Gasteiger partial charge in [-0.1, -0.05) is 11.6 Å². The standard InChI is InChI=1S/C26H30ClFN4O4.ClH/c1-26(2,24(34)35)32-23(33)21-17-18(27)5-10-22(21)31(25(32)36)12-4-3-11-29-13-15-30(16-14-29)20-8-6-19(28)7-9-20;/h5-10,17H,3-4,11-16H2,1-2H3,(H,34,35);1H. The van der Waals surface area contributed by atoms with Crippen LogP contribution >= 0.6 is 24.0 Å². The van der Waals surface area contributed by atoms with Crippen LogP contribution in [0.1, 0.15) is 26.7 Å². The van der Waals surface area contributed by atoms with E-state index in [4.69, 9.17) is 11.6 Å². The summed E-state index contributed by atoms with van der Waals surface area (Å²) in [4.78, 5) is 42.8. The van der Waals surface area contributed by atoms with Gasteiger partial charge in [-0.3, -0.25) is 14.3 Å². The first kappa shape index (κ1) is 28.7. The quantitative estimate of drug-likeness (QED) is 0.427. The minimum atomic E-state index is -1.71. The molecular formula is C26H31Cl2FN4O4. The number of benzene rings is 2. The molecule has 0 atom stereocenters. The highest BCUT2D eigenvalue weighted by Crippen LogP contribution is 2.19. The van der Waals surface area contributed by atoms with Crippen LogP contribution in [0.4, 0.5) is 10.1 Å². The van der Waals surface area contributed by atoms with E-state index in [0.29, 0.717) is 23.5 Å². The molecule has 1 aliphatic rings. The van der Waals surface area contributed by atoms with Crippen LogP contribution < -0.4 is 16.1 Å². The smallest absolute Gasteiger partial charge is 0.332 e. The molecule has 1 aliphatic heterocycles. The number of unbranched alkanes of at least 4 members (excludes halogenated alkanes) is 1. The number of nitrogens with zero attached hydrogens (tertiary/aromatic N) is 4. The van der Waals surface area contributed by atoms with Crippen LogP contribution in [0.3, 0.4) is 0 Å². The van der Waals surface area contributed by atoms with Crippen molar-refractivity contribution in [2.24, 2.45) is 0 Å². The summed E-state index contributed by atoms with van der Waals surface area (Å²) in [6.45, 7) is 7.36. The molecule has 0 radical (unpaired) electrons. The van der Waals surface area contributed by atoms with E-state index in [9.17, 15) is 23.9 Å². The average molecular weight is 553 g/mol. The van der Waals surface area contributed by atoms with Gasteiger partial charge in [0, 0.05) is 43.4 Å². The Morgan fingerprint density at radius 1 is 1.00 bits per heavy atom. The lowest BCUT2D eigenvalue weighted by Crippen LogP contribution is -2.52. The van der Waals surface area contributed by atoms with Gasteiger partial charge in [0.15, 0.2) is 0 Å². The van der Waals surface area contributed by atoms with Gasteiger partial charge < -0.3 is 10.0 Å². The number of piperazine rings is 1.